The van der Waals surface area contributed by atoms with Crippen LogP contribution < -0.4 is 5.49 Å². The minimum atomic E-state index is -0.190. The zero-order chi connectivity index (χ0) is 11.4. The second-order valence-electron chi connectivity index (χ2n) is 3.66. The summed E-state index contributed by atoms with van der Waals surface area (Å²) in [4.78, 5) is 17.6. The fourth-order valence-electron chi connectivity index (χ4n) is 1.55. The number of urea groups is 1. The number of hydrogen-bond acceptors (Lipinski definition) is 2. The van der Waals surface area contributed by atoms with E-state index in [1.54, 1.807) is 4.90 Å². The van der Waals surface area contributed by atoms with E-state index in [4.69, 9.17) is 4.74 Å². The third-order valence-electron chi connectivity index (χ3n) is 2.52. The van der Waals surface area contributed by atoms with Crippen LogP contribution in [0.15, 0.2) is 29.4 Å². The molecule has 1 aliphatic heterocycles. The Hall–Kier alpha value is -1.62. The van der Waals surface area contributed by atoms with Crippen LogP contribution in [0.1, 0.15) is 0 Å². The molecule has 0 atom stereocenters. The van der Waals surface area contributed by atoms with Gasteiger partial charge < -0.3 is 14.2 Å². The van der Waals surface area contributed by atoms with Crippen molar-refractivity contribution in [2.75, 3.05) is 26.3 Å². The molecule has 0 N–H and O–H groups in total. The lowest BCUT2D eigenvalue weighted by molar-refractivity contribution is 0.0553. The number of morpholine rings is 1. The number of hydrogen-bond donors (Lipinski definition) is 0. The summed E-state index contributed by atoms with van der Waals surface area (Å²) in [7, 11) is 1.87. The second-order valence-corrected chi connectivity index (χ2v) is 3.66. The fraction of sp³-hybridized carbons (Fsp3) is 0.455. The summed E-state index contributed by atoms with van der Waals surface area (Å²) in [5.41, 5.74) is 0.666. The number of amides is 2. The minimum absolute atomic E-state index is 0.190. The largest absolute Gasteiger partial charge is 0.378 e. The van der Waals surface area contributed by atoms with Crippen LogP contribution >= 0.6 is 0 Å². The molecule has 0 aromatic carbocycles. The van der Waals surface area contributed by atoms with Crippen LogP contribution in [0, 0.1) is 0 Å². The van der Waals surface area contributed by atoms with Crippen LogP contribution in [-0.2, 0) is 11.8 Å². The molecule has 0 radical (unpaired) electrons. The zero-order valence-corrected chi connectivity index (χ0v) is 9.30. The van der Waals surface area contributed by atoms with Crippen molar-refractivity contribution in [3.63, 3.8) is 0 Å². The number of carbonyl (C=O) groups is 1. The second kappa shape index (κ2) is 4.94. The van der Waals surface area contributed by atoms with Gasteiger partial charge in [-0.2, -0.15) is 4.99 Å². The Labute approximate surface area is 94.0 Å². The third-order valence-corrected chi connectivity index (χ3v) is 2.52. The maximum Gasteiger partial charge on any atom is 0.345 e. The molecule has 2 heterocycles. The molecule has 1 aliphatic rings. The third kappa shape index (κ3) is 2.49. The molecule has 0 saturated carbocycles. The number of pyridine rings is 1. The maximum atomic E-state index is 11.8. The first-order chi connectivity index (χ1) is 7.77. The lowest BCUT2D eigenvalue weighted by atomic mass is 10.4. The van der Waals surface area contributed by atoms with E-state index >= 15 is 0 Å². The van der Waals surface area contributed by atoms with Crippen LogP contribution in [0.4, 0.5) is 4.79 Å². The molecule has 1 aromatic heterocycles. The van der Waals surface area contributed by atoms with Gasteiger partial charge in [0.05, 0.1) is 13.2 Å². The summed E-state index contributed by atoms with van der Waals surface area (Å²) < 4.78 is 7.00. The van der Waals surface area contributed by atoms with Gasteiger partial charge in [-0.3, -0.25) is 0 Å². The zero-order valence-electron chi connectivity index (χ0n) is 9.30. The van der Waals surface area contributed by atoms with E-state index in [9.17, 15) is 4.79 Å². The Bertz CT molecular complexity index is 433. The van der Waals surface area contributed by atoms with Gasteiger partial charge in [-0.05, 0) is 12.1 Å². The predicted octanol–water partition coefficient (Wildman–Crippen LogP) is 0.378. The quantitative estimate of drug-likeness (QED) is 0.635. The molecule has 86 valence electrons. The Morgan fingerprint density at radius 2 is 2.12 bits per heavy atom. The Kier molecular flexibility index (Phi) is 3.36. The molecule has 0 unspecified atom stereocenters. The van der Waals surface area contributed by atoms with E-state index in [1.165, 1.54) is 0 Å². The molecule has 5 nitrogen and oxygen atoms in total. The Morgan fingerprint density at radius 3 is 2.81 bits per heavy atom. The Balaban J connectivity index is 2.17. The van der Waals surface area contributed by atoms with Gasteiger partial charge in [0.15, 0.2) is 0 Å². The summed E-state index contributed by atoms with van der Waals surface area (Å²) in [6.07, 6.45) is 1.87. The standard InChI is InChI=1S/C11H15N3O2/c1-13-5-3-2-4-10(13)12-11(15)14-6-8-16-9-7-14/h2-5H,6-9H2,1H3/b12-10+. The summed E-state index contributed by atoms with van der Waals surface area (Å²) in [6, 6.07) is 5.40. The lowest BCUT2D eigenvalue weighted by Gasteiger charge is -2.24. The number of carbonyl (C=O) groups excluding carboxylic acids is 1. The van der Waals surface area contributed by atoms with E-state index in [-0.39, 0.29) is 6.03 Å². The minimum Gasteiger partial charge on any atom is -0.378 e. The van der Waals surface area contributed by atoms with Gasteiger partial charge in [-0.1, -0.05) is 6.07 Å². The molecule has 1 fully saturated rings. The average Bonchev–Trinajstić information content (AvgIpc) is 2.33. The van der Waals surface area contributed by atoms with Crippen molar-refractivity contribution in [2.45, 2.75) is 0 Å². The summed E-state index contributed by atoms with van der Waals surface area (Å²) in [5, 5.41) is 0. The summed E-state index contributed by atoms with van der Waals surface area (Å²) in [5.74, 6) is 0. The first kappa shape index (κ1) is 10.9. The topological polar surface area (TPSA) is 46.8 Å². The van der Waals surface area contributed by atoms with Crippen molar-refractivity contribution in [3.05, 3.63) is 29.9 Å². The van der Waals surface area contributed by atoms with Crippen molar-refractivity contribution in [1.82, 2.24) is 9.47 Å². The van der Waals surface area contributed by atoms with E-state index in [2.05, 4.69) is 4.99 Å². The van der Waals surface area contributed by atoms with Crippen molar-refractivity contribution in [1.29, 1.82) is 0 Å². The number of ether oxygens (including phenoxy) is 1. The molecule has 2 amide bonds. The van der Waals surface area contributed by atoms with Crippen molar-refractivity contribution >= 4 is 6.03 Å². The fourth-order valence-corrected chi connectivity index (χ4v) is 1.55. The molecular weight excluding hydrogens is 206 g/mol. The lowest BCUT2D eigenvalue weighted by Crippen LogP contribution is -2.40. The highest BCUT2D eigenvalue weighted by Crippen LogP contribution is 1.98. The van der Waals surface area contributed by atoms with Gasteiger partial charge in [-0.15, -0.1) is 0 Å². The number of nitrogens with zero attached hydrogens (tertiary/aromatic N) is 3. The number of aromatic nitrogens is 1. The number of rotatable bonds is 0. The molecular formula is C11H15N3O2. The molecule has 0 bridgehead atoms. The molecule has 0 spiro atoms. The molecule has 1 saturated heterocycles. The van der Waals surface area contributed by atoms with Crippen LogP contribution in [-0.4, -0.2) is 41.8 Å². The molecule has 1 aromatic rings. The number of aryl methyl sites for hydroxylation is 1. The van der Waals surface area contributed by atoms with Crippen LogP contribution in [0.2, 0.25) is 0 Å². The highest BCUT2D eigenvalue weighted by Gasteiger charge is 2.15. The highest BCUT2D eigenvalue weighted by atomic mass is 16.5. The van der Waals surface area contributed by atoms with E-state index in [0.29, 0.717) is 31.8 Å². The SMILES string of the molecule is Cn1cccc/c1=N\C(=O)N1CCOCC1. The van der Waals surface area contributed by atoms with Crippen molar-refractivity contribution < 1.29 is 9.53 Å². The van der Waals surface area contributed by atoms with E-state index in [0.717, 1.165) is 0 Å². The van der Waals surface area contributed by atoms with Crippen LogP contribution in [0.5, 0.6) is 0 Å². The summed E-state index contributed by atoms with van der Waals surface area (Å²) in [6.45, 7) is 2.45. The van der Waals surface area contributed by atoms with E-state index < -0.39 is 0 Å². The van der Waals surface area contributed by atoms with Gasteiger partial charge in [0.1, 0.15) is 5.49 Å². The highest BCUT2D eigenvalue weighted by molar-refractivity contribution is 5.75. The van der Waals surface area contributed by atoms with Crippen LogP contribution in [0.3, 0.4) is 0 Å². The predicted molar refractivity (Wildman–Crippen MR) is 58.8 cm³/mol. The first-order valence-electron chi connectivity index (χ1n) is 5.30. The van der Waals surface area contributed by atoms with Gasteiger partial charge in [0.2, 0.25) is 0 Å². The van der Waals surface area contributed by atoms with E-state index in [1.807, 2.05) is 36.0 Å². The normalized spacial score (nSPS) is 17.6. The molecule has 5 heteroatoms. The van der Waals surface area contributed by atoms with Crippen molar-refractivity contribution in [3.8, 4) is 0 Å². The molecule has 0 aliphatic carbocycles. The van der Waals surface area contributed by atoms with Gasteiger partial charge >= 0.3 is 6.03 Å². The monoisotopic (exact) mass is 221 g/mol. The average molecular weight is 221 g/mol. The molecule has 16 heavy (non-hydrogen) atoms. The maximum absolute atomic E-state index is 11.8. The van der Waals surface area contributed by atoms with Gasteiger partial charge in [0.25, 0.3) is 0 Å². The van der Waals surface area contributed by atoms with Crippen molar-refractivity contribution in [2.24, 2.45) is 12.0 Å². The first-order valence-corrected chi connectivity index (χ1v) is 5.30. The smallest absolute Gasteiger partial charge is 0.345 e. The Morgan fingerprint density at radius 1 is 1.38 bits per heavy atom. The van der Waals surface area contributed by atoms with Crippen LogP contribution in [0.25, 0.3) is 0 Å². The van der Waals surface area contributed by atoms with Gasteiger partial charge in [-0.25, -0.2) is 4.79 Å². The summed E-state index contributed by atoms with van der Waals surface area (Å²) >= 11 is 0. The molecule has 2 rings (SSSR count). The van der Waals surface area contributed by atoms with Gasteiger partial charge in [0, 0.05) is 26.3 Å².